The zero-order chi connectivity index (χ0) is 16.5. The molecule has 6 nitrogen and oxygen atoms in total. The monoisotopic (exact) mass is 320 g/mol. The van der Waals surface area contributed by atoms with Gasteiger partial charge in [-0.3, -0.25) is 4.79 Å². The highest BCUT2D eigenvalue weighted by atomic mass is 32.2. The molecular formula is C15H16N2O4S. The van der Waals surface area contributed by atoms with Crippen molar-refractivity contribution in [1.29, 1.82) is 0 Å². The zero-order valence-electron chi connectivity index (χ0n) is 11.9. The molecule has 0 aliphatic carbocycles. The number of sulfone groups is 1. The van der Waals surface area contributed by atoms with E-state index in [1.54, 1.807) is 12.1 Å². The third-order valence-electron chi connectivity index (χ3n) is 3.41. The molecule has 0 fully saturated rings. The normalized spacial score (nSPS) is 12.8. The molecule has 1 atom stereocenters. The van der Waals surface area contributed by atoms with Gasteiger partial charge in [-0.2, -0.15) is 0 Å². The van der Waals surface area contributed by atoms with Gasteiger partial charge in [0.25, 0.3) is 0 Å². The van der Waals surface area contributed by atoms with Crippen LogP contribution in [0.15, 0.2) is 52.3 Å². The summed E-state index contributed by atoms with van der Waals surface area (Å²) in [7, 11) is -3.92. The summed E-state index contributed by atoms with van der Waals surface area (Å²) < 4.78 is 25.4. The van der Waals surface area contributed by atoms with Crippen molar-refractivity contribution in [2.45, 2.75) is 22.6 Å². The Hall–Kier alpha value is -2.54. The van der Waals surface area contributed by atoms with E-state index in [0.717, 1.165) is 0 Å². The van der Waals surface area contributed by atoms with E-state index in [-0.39, 0.29) is 21.2 Å². The van der Waals surface area contributed by atoms with Crippen LogP contribution in [0.4, 0.5) is 11.4 Å². The minimum absolute atomic E-state index is 0.0459. The number of nitrogen functional groups attached to an aromatic ring is 2. The number of carboxylic acid groups (broad SMARTS) is 1. The minimum atomic E-state index is -3.92. The molecule has 22 heavy (non-hydrogen) atoms. The number of para-hydroxylation sites is 1. The summed E-state index contributed by atoms with van der Waals surface area (Å²) in [6, 6.07) is 10.2. The number of carbonyl (C=O) groups is 1. The van der Waals surface area contributed by atoms with Gasteiger partial charge in [-0.1, -0.05) is 18.2 Å². The number of hydrogen-bond donors (Lipinski definition) is 3. The number of nitrogens with two attached hydrogens (primary N) is 2. The Bertz CT molecular complexity index is 831. The maximum atomic E-state index is 12.7. The number of hydrogen-bond acceptors (Lipinski definition) is 5. The van der Waals surface area contributed by atoms with Crippen molar-refractivity contribution < 1.29 is 18.3 Å². The lowest BCUT2D eigenvalue weighted by Gasteiger charge is -2.13. The van der Waals surface area contributed by atoms with Gasteiger partial charge in [0.05, 0.1) is 27.1 Å². The summed E-state index contributed by atoms with van der Waals surface area (Å²) in [4.78, 5) is 10.9. The molecular weight excluding hydrogens is 304 g/mol. The predicted molar refractivity (Wildman–Crippen MR) is 83.2 cm³/mol. The van der Waals surface area contributed by atoms with Crippen LogP contribution in [0, 0.1) is 0 Å². The highest BCUT2D eigenvalue weighted by Gasteiger charge is 2.25. The number of anilines is 2. The van der Waals surface area contributed by atoms with Crippen molar-refractivity contribution >= 4 is 27.2 Å². The molecule has 2 aromatic carbocycles. The van der Waals surface area contributed by atoms with E-state index in [1.807, 2.05) is 0 Å². The molecule has 116 valence electrons. The first kappa shape index (κ1) is 15.8. The molecule has 0 aromatic heterocycles. The van der Waals surface area contributed by atoms with E-state index < -0.39 is 21.7 Å². The van der Waals surface area contributed by atoms with Gasteiger partial charge in [-0.05, 0) is 36.8 Å². The lowest BCUT2D eigenvalue weighted by atomic mass is 10.0. The highest BCUT2D eigenvalue weighted by molar-refractivity contribution is 7.91. The molecule has 5 N–H and O–H groups in total. The van der Waals surface area contributed by atoms with Crippen molar-refractivity contribution in [3.63, 3.8) is 0 Å². The van der Waals surface area contributed by atoms with Crippen LogP contribution in [0.3, 0.4) is 0 Å². The lowest BCUT2D eigenvalue weighted by Crippen LogP contribution is -2.11. The summed E-state index contributed by atoms with van der Waals surface area (Å²) in [5, 5.41) is 9.06. The molecule has 2 aromatic rings. The van der Waals surface area contributed by atoms with Gasteiger partial charge in [-0.25, -0.2) is 8.42 Å². The first-order valence-corrected chi connectivity index (χ1v) is 7.95. The van der Waals surface area contributed by atoms with Crippen LogP contribution in [0.1, 0.15) is 18.4 Å². The fourth-order valence-corrected chi connectivity index (χ4v) is 3.58. The molecule has 0 spiro atoms. The molecule has 0 aliphatic heterocycles. The van der Waals surface area contributed by atoms with Gasteiger partial charge in [0.15, 0.2) is 0 Å². The molecule has 0 saturated carbocycles. The first-order chi connectivity index (χ1) is 10.2. The van der Waals surface area contributed by atoms with Crippen molar-refractivity contribution in [3.05, 3.63) is 48.0 Å². The van der Waals surface area contributed by atoms with Gasteiger partial charge in [0.1, 0.15) is 0 Å². The standard InChI is InChI=1S/C15H16N2O4S/c1-9(15(18)19)10-6-7-12(17)14(8-10)22(20,21)13-5-3-2-4-11(13)16/h2-9H,16-17H2,1H3,(H,18,19). The van der Waals surface area contributed by atoms with Crippen molar-refractivity contribution in [1.82, 2.24) is 0 Å². The number of benzene rings is 2. The van der Waals surface area contributed by atoms with Gasteiger partial charge in [0.2, 0.25) is 9.84 Å². The zero-order valence-corrected chi connectivity index (χ0v) is 12.7. The van der Waals surface area contributed by atoms with Crippen LogP contribution in [-0.4, -0.2) is 19.5 Å². The second-order valence-electron chi connectivity index (χ2n) is 4.90. The van der Waals surface area contributed by atoms with Crippen LogP contribution in [0.25, 0.3) is 0 Å². The molecule has 0 saturated heterocycles. The van der Waals surface area contributed by atoms with Gasteiger partial charge in [0, 0.05) is 0 Å². The lowest BCUT2D eigenvalue weighted by molar-refractivity contribution is -0.138. The average Bonchev–Trinajstić information content (AvgIpc) is 2.47. The molecule has 0 aliphatic rings. The maximum Gasteiger partial charge on any atom is 0.310 e. The predicted octanol–water partition coefficient (Wildman–Crippen LogP) is 1.87. The van der Waals surface area contributed by atoms with Gasteiger partial charge < -0.3 is 16.6 Å². The molecule has 0 heterocycles. The van der Waals surface area contributed by atoms with Crippen molar-refractivity contribution in [3.8, 4) is 0 Å². The van der Waals surface area contributed by atoms with E-state index in [4.69, 9.17) is 16.6 Å². The van der Waals surface area contributed by atoms with E-state index in [0.29, 0.717) is 5.56 Å². The van der Waals surface area contributed by atoms with Crippen molar-refractivity contribution in [2.24, 2.45) is 0 Å². The SMILES string of the molecule is CC(C(=O)O)c1ccc(N)c(S(=O)(=O)c2ccccc2N)c1. The summed E-state index contributed by atoms with van der Waals surface area (Å²) in [5.41, 5.74) is 12.0. The van der Waals surface area contributed by atoms with Gasteiger partial charge in [-0.15, -0.1) is 0 Å². The summed E-state index contributed by atoms with van der Waals surface area (Å²) in [5.74, 6) is -1.89. The molecule has 0 radical (unpaired) electrons. The quantitative estimate of drug-likeness (QED) is 0.739. The van der Waals surface area contributed by atoms with E-state index in [1.165, 1.54) is 37.3 Å². The Morgan fingerprint density at radius 1 is 1.05 bits per heavy atom. The summed E-state index contributed by atoms with van der Waals surface area (Å²) >= 11 is 0. The largest absolute Gasteiger partial charge is 0.481 e. The smallest absolute Gasteiger partial charge is 0.310 e. The Balaban J connectivity index is 2.64. The van der Waals surface area contributed by atoms with E-state index in [2.05, 4.69) is 0 Å². The number of aliphatic carboxylic acids is 1. The van der Waals surface area contributed by atoms with Crippen LogP contribution in [0.2, 0.25) is 0 Å². The van der Waals surface area contributed by atoms with Crippen LogP contribution < -0.4 is 11.5 Å². The Morgan fingerprint density at radius 3 is 2.23 bits per heavy atom. The van der Waals surface area contributed by atoms with E-state index in [9.17, 15) is 13.2 Å². The molecule has 2 rings (SSSR count). The first-order valence-electron chi connectivity index (χ1n) is 6.47. The average molecular weight is 320 g/mol. The maximum absolute atomic E-state index is 12.7. The Labute approximate surface area is 128 Å². The molecule has 0 amide bonds. The minimum Gasteiger partial charge on any atom is -0.481 e. The van der Waals surface area contributed by atoms with E-state index >= 15 is 0 Å². The number of carboxylic acids is 1. The second kappa shape index (κ2) is 5.69. The molecule has 7 heteroatoms. The Kier molecular flexibility index (Phi) is 4.09. The third-order valence-corrected chi connectivity index (χ3v) is 5.29. The summed E-state index contributed by atoms with van der Waals surface area (Å²) in [6.45, 7) is 1.47. The second-order valence-corrected chi connectivity index (χ2v) is 6.78. The topological polar surface area (TPSA) is 123 Å². The van der Waals surface area contributed by atoms with Crippen LogP contribution in [0.5, 0.6) is 0 Å². The van der Waals surface area contributed by atoms with Gasteiger partial charge >= 0.3 is 5.97 Å². The third kappa shape index (κ3) is 2.75. The summed E-state index contributed by atoms with van der Waals surface area (Å²) in [6.07, 6.45) is 0. The highest BCUT2D eigenvalue weighted by Crippen LogP contribution is 2.31. The Morgan fingerprint density at radius 2 is 1.64 bits per heavy atom. The fraction of sp³-hybridized carbons (Fsp3) is 0.133. The van der Waals surface area contributed by atoms with Crippen LogP contribution in [-0.2, 0) is 14.6 Å². The molecule has 1 unspecified atom stereocenters. The van der Waals surface area contributed by atoms with Crippen LogP contribution >= 0.6 is 0 Å². The molecule has 0 bridgehead atoms. The number of rotatable bonds is 4. The fourth-order valence-electron chi connectivity index (χ4n) is 2.04. The van der Waals surface area contributed by atoms with Crippen molar-refractivity contribution in [2.75, 3.05) is 11.5 Å².